The highest BCUT2D eigenvalue weighted by atomic mass is 35.5. The number of hydrazone groups is 1. The molecule has 2 heterocycles. The van der Waals surface area contributed by atoms with Crippen molar-refractivity contribution in [3.05, 3.63) is 104 Å². The number of carbonyl (C=O) groups is 2. The summed E-state index contributed by atoms with van der Waals surface area (Å²) >= 11 is 12.2. The van der Waals surface area contributed by atoms with Crippen LogP contribution in [-0.2, 0) is 9.59 Å². The van der Waals surface area contributed by atoms with Gasteiger partial charge in [-0.05, 0) is 47.9 Å². The highest BCUT2D eigenvalue weighted by Crippen LogP contribution is 2.37. The van der Waals surface area contributed by atoms with Crippen LogP contribution in [0.1, 0.15) is 42.9 Å². The van der Waals surface area contributed by atoms with Crippen LogP contribution in [0.3, 0.4) is 0 Å². The zero-order chi connectivity index (χ0) is 26.8. The number of rotatable bonds is 7. The Morgan fingerprint density at radius 1 is 0.921 bits per heavy atom. The number of carbonyl (C=O) groups excluding carboxylic acids is 1. The number of para-hydroxylation sites is 1. The lowest BCUT2D eigenvalue weighted by atomic mass is 9.91. The maximum absolute atomic E-state index is 13.5. The molecule has 2 N–H and O–H groups in total. The van der Waals surface area contributed by atoms with Crippen molar-refractivity contribution in [1.82, 2.24) is 9.99 Å². The van der Waals surface area contributed by atoms with Gasteiger partial charge in [-0.15, -0.1) is 0 Å². The number of aromatic amines is 1. The van der Waals surface area contributed by atoms with Crippen molar-refractivity contribution in [2.45, 2.75) is 31.7 Å². The molecule has 5 rings (SSSR count). The van der Waals surface area contributed by atoms with Gasteiger partial charge < -0.3 is 10.1 Å². The smallest absolute Gasteiger partial charge is 0.303 e. The molecule has 0 bridgehead atoms. The van der Waals surface area contributed by atoms with Crippen molar-refractivity contribution in [3.8, 4) is 11.1 Å². The lowest BCUT2D eigenvalue weighted by Gasteiger charge is -2.22. The summed E-state index contributed by atoms with van der Waals surface area (Å²) in [4.78, 5) is 40.7. The molecule has 192 valence electrons. The molecule has 0 aliphatic carbocycles. The molecule has 1 atom stereocenters. The Labute approximate surface area is 228 Å². The van der Waals surface area contributed by atoms with Crippen LogP contribution in [-0.4, -0.2) is 32.7 Å². The number of aliphatic carboxylic acids is 1. The molecular weight excluding hydrogens is 525 g/mol. The molecule has 0 spiro atoms. The van der Waals surface area contributed by atoms with Gasteiger partial charge in [-0.3, -0.25) is 14.4 Å². The van der Waals surface area contributed by atoms with Crippen LogP contribution >= 0.6 is 23.2 Å². The fourth-order valence-corrected chi connectivity index (χ4v) is 5.03. The van der Waals surface area contributed by atoms with Gasteiger partial charge in [-0.1, -0.05) is 65.7 Å². The fraction of sp³-hybridized carbons (Fsp3) is 0.172. The molecule has 7 nitrogen and oxygen atoms in total. The highest BCUT2D eigenvalue weighted by Gasteiger charge is 2.35. The second-order valence-electron chi connectivity index (χ2n) is 9.06. The molecule has 0 saturated carbocycles. The lowest BCUT2D eigenvalue weighted by Crippen LogP contribution is -2.27. The van der Waals surface area contributed by atoms with Gasteiger partial charge in [-0.25, -0.2) is 5.01 Å². The Kier molecular flexibility index (Phi) is 7.31. The number of benzene rings is 3. The summed E-state index contributed by atoms with van der Waals surface area (Å²) in [6, 6.07) is 21.4. The second kappa shape index (κ2) is 10.8. The van der Waals surface area contributed by atoms with E-state index in [1.54, 1.807) is 24.3 Å². The Morgan fingerprint density at radius 2 is 1.58 bits per heavy atom. The summed E-state index contributed by atoms with van der Waals surface area (Å²) in [7, 11) is 0. The minimum absolute atomic E-state index is 0.0191. The van der Waals surface area contributed by atoms with E-state index in [9.17, 15) is 14.4 Å². The fourth-order valence-electron chi connectivity index (χ4n) is 4.78. The van der Waals surface area contributed by atoms with E-state index in [2.05, 4.69) is 10.1 Å². The molecule has 9 heteroatoms. The number of pyridine rings is 1. The summed E-state index contributed by atoms with van der Waals surface area (Å²) in [5, 5.41) is 17.0. The normalized spacial score (nSPS) is 15.1. The van der Waals surface area contributed by atoms with Crippen LogP contribution < -0.4 is 5.56 Å². The molecule has 1 aliphatic rings. The van der Waals surface area contributed by atoms with Gasteiger partial charge >= 0.3 is 5.97 Å². The van der Waals surface area contributed by atoms with Crippen molar-refractivity contribution in [1.29, 1.82) is 0 Å². The van der Waals surface area contributed by atoms with Gasteiger partial charge in [0.25, 0.3) is 5.56 Å². The lowest BCUT2D eigenvalue weighted by molar-refractivity contribution is -0.137. The van der Waals surface area contributed by atoms with Gasteiger partial charge in [0.1, 0.15) is 0 Å². The molecule has 38 heavy (non-hydrogen) atoms. The van der Waals surface area contributed by atoms with Crippen molar-refractivity contribution >= 4 is 51.7 Å². The molecule has 0 saturated heterocycles. The van der Waals surface area contributed by atoms with E-state index in [0.717, 1.165) is 16.5 Å². The number of nitrogens with zero attached hydrogens (tertiary/aromatic N) is 2. The van der Waals surface area contributed by atoms with E-state index in [4.69, 9.17) is 28.3 Å². The topological polar surface area (TPSA) is 103 Å². The number of amides is 1. The number of fused-ring (bicyclic) bond motifs is 1. The Bertz CT molecular complexity index is 1610. The van der Waals surface area contributed by atoms with E-state index >= 15 is 0 Å². The molecule has 3 aromatic carbocycles. The van der Waals surface area contributed by atoms with Gasteiger partial charge in [0.15, 0.2) is 0 Å². The predicted octanol–water partition coefficient (Wildman–Crippen LogP) is 6.43. The zero-order valence-corrected chi connectivity index (χ0v) is 21.7. The maximum atomic E-state index is 13.5. The van der Waals surface area contributed by atoms with Gasteiger partial charge in [0.05, 0.1) is 17.3 Å². The average Bonchev–Trinajstić information content (AvgIpc) is 3.34. The molecule has 0 radical (unpaired) electrons. The van der Waals surface area contributed by atoms with Crippen molar-refractivity contribution in [2.75, 3.05) is 0 Å². The van der Waals surface area contributed by atoms with Gasteiger partial charge in [0, 0.05) is 45.8 Å². The number of hydrogen-bond donors (Lipinski definition) is 2. The minimum Gasteiger partial charge on any atom is -0.481 e. The molecule has 1 aliphatic heterocycles. The van der Waals surface area contributed by atoms with Gasteiger partial charge in [-0.2, -0.15) is 5.10 Å². The number of aromatic nitrogens is 1. The highest BCUT2D eigenvalue weighted by molar-refractivity contribution is 6.31. The zero-order valence-electron chi connectivity index (χ0n) is 20.2. The second-order valence-corrected chi connectivity index (χ2v) is 9.93. The van der Waals surface area contributed by atoms with Crippen LogP contribution in [0.25, 0.3) is 22.0 Å². The standard InChI is InChI=1S/C29H23Cl2N3O4/c30-19-12-8-17(9-13-19)24-16-23(33-34(24)25(35)6-3-7-26(36)37)28-27(18-10-14-20(31)15-11-18)21-4-1-2-5-22(21)32-29(28)38/h1-2,4-5,8-15,24H,3,6-7,16H2,(H,32,38)(H,36,37)/t24-/m0/s1. The molecule has 4 aromatic rings. The van der Waals surface area contributed by atoms with Crippen LogP contribution in [0.5, 0.6) is 0 Å². The number of carboxylic acids is 1. The quantitative estimate of drug-likeness (QED) is 0.278. The Hall–Kier alpha value is -3.94. The van der Waals surface area contributed by atoms with Crippen molar-refractivity contribution < 1.29 is 14.7 Å². The van der Waals surface area contributed by atoms with Crippen molar-refractivity contribution in [2.24, 2.45) is 5.10 Å². The molecule has 0 fully saturated rings. The first-order valence-corrected chi connectivity index (χ1v) is 12.9. The largest absolute Gasteiger partial charge is 0.481 e. The van der Waals surface area contributed by atoms with Crippen LogP contribution in [0.4, 0.5) is 0 Å². The van der Waals surface area contributed by atoms with Crippen LogP contribution in [0.2, 0.25) is 10.0 Å². The van der Waals surface area contributed by atoms with E-state index in [1.807, 2.05) is 48.5 Å². The Morgan fingerprint density at radius 3 is 2.26 bits per heavy atom. The first-order valence-electron chi connectivity index (χ1n) is 12.1. The first kappa shape index (κ1) is 25.7. The molecular formula is C29H23Cl2N3O4. The van der Waals surface area contributed by atoms with Crippen LogP contribution in [0, 0.1) is 0 Å². The number of carboxylic acid groups (broad SMARTS) is 1. The third-order valence-electron chi connectivity index (χ3n) is 6.55. The minimum atomic E-state index is -0.965. The third kappa shape index (κ3) is 5.21. The van der Waals surface area contributed by atoms with E-state index in [0.29, 0.717) is 38.8 Å². The number of hydrogen-bond acceptors (Lipinski definition) is 4. The van der Waals surface area contributed by atoms with Crippen LogP contribution in [0.15, 0.2) is 82.7 Å². The molecule has 1 amide bonds. The van der Waals surface area contributed by atoms with Gasteiger partial charge in [0.2, 0.25) is 5.91 Å². The summed E-state index contributed by atoms with van der Waals surface area (Å²) in [6.07, 6.45) is 0.391. The summed E-state index contributed by atoms with van der Waals surface area (Å²) in [5.74, 6) is -1.28. The number of nitrogens with one attached hydrogen (secondary N) is 1. The first-order chi connectivity index (χ1) is 18.3. The van der Waals surface area contributed by atoms with E-state index in [1.165, 1.54) is 5.01 Å². The monoisotopic (exact) mass is 547 g/mol. The summed E-state index contributed by atoms with van der Waals surface area (Å²) in [5.41, 5.74) is 3.52. The third-order valence-corrected chi connectivity index (χ3v) is 7.05. The van der Waals surface area contributed by atoms with Crippen molar-refractivity contribution in [3.63, 3.8) is 0 Å². The predicted molar refractivity (Wildman–Crippen MR) is 149 cm³/mol. The summed E-state index contributed by atoms with van der Waals surface area (Å²) < 4.78 is 0. The average molecular weight is 548 g/mol. The molecule has 0 unspecified atom stereocenters. The molecule has 1 aromatic heterocycles. The van der Waals surface area contributed by atoms with E-state index in [-0.39, 0.29) is 30.7 Å². The maximum Gasteiger partial charge on any atom is 0.303 e. The Balaban J connectivity index is 1.64. The number of halogens is 2. The number of H-pyrrole nitrogens is 1. The SMILES string of the molecule is O=C(O)CCCC(=O)N1N=C(c2c(-c3ccc(Cl)cc3)c3ccccc3[nH]c2=O)C[C@H]1c1ccc(Cl)cc1. The van der Waals surface area contributed by atoms with E-state index < -0.39 is 12.0 Å². The summed E-state index contributed by atoms with van der Waals surface area (Å²) in [6.45, 7) is 0.